The van der Waals surface area contributed by atoms with Gasteiger partial charge in [0.25, 0.3) is 0 Å². The second-order valence-electron chi connectivity index (χ2n) is 7.72. The molecule has 1 aromatic carbocycles. The predicted octanol–water partition coefficient (Wildman–Crippen LogP) is 1.95. The second-order valence-corrected chi connectivity index (χ2v) is 10.5. The number of sulfonamides is 1. The van der Waals surface area contributed by atoms with Crippen LogP contribution in [0.5, 0.6) is 0 Å². The number of anilines is 2. The van der Waals surface area contributed by atoms with Gasteiger partial charge >= 0.3 is 0 Å². The molecular formula is C19H23N5O4S2. The van der Waals surface area contributed by atoms with Crippen molar-refractivity contribution in [2.75, 3.05) is 29.9 Å². The van der Waals surface area contributed by atoms with Crippen LogP contribution in [0.3, 0.4) is 0 Å². The Balaban J connectivity index is 1.43. The van der Waals surface area contributed by atoms with E-state index in [-0.39, 0.29) is 29.7 Å². The molecule has 2 amide bonds. The number of piperidine rings is 1. The molecule has 1 N–H and O–H groups in total. The zero-order chi connectivity index (χ0) is 21.3. The first-order valence-electron chi connectivity index (χ1n) is 9.82. The number of nitrogens with zero attached hydrogens (tertiary/aromatic N) is 4. The summed E-state index contributed by atoms with van der Waals surface area (Å²) in [6, 6.07) is 6.32. The first-order chi connectivity index (χ1) is 14.3. The summed E-state index contributed by atoms with van der Waals surface area (Å²) in [7, 11) is -3.54. The zero-order valence-corrected chi connectivity index (χ0v) is 18.2. The van der Waals surface area contributed by atoms with Crippen molar-refractivity contribution in [1.29, 1.82) is 0 Å². The van der Waals surface area contributed by atoms with E-state index >= 15 is 0 Å². The molecule has 0 bridgehead atoms. The lowest BCUT2D eigenvalue weighted by Gasteiger charge is -2.29. The number of amides is 2. The van der Waals surface area contributed by atoms with Crippen molar-refractivity contribution in [1.82, 2.24) is 14.5 Å². The number of benzene rings is 1. The van der Waals surface area contributed by atoms with E-state index < -0.39 is 15.9 Å². The maximum atomic E-state index is 12.9. The minimum atomic E-state index is -3.54. The fraction of sp³-hybridized carbons (Fsp3) is 0.474. The summed E-state index contributed by atoms with van der Waals surface area (Å²) in [5, 5.41) is 10.5. The summed E-state index contributed by atoms with van der Waals surface area (Å²) in [5.41, 5.74) is 2.10. The Morgan fingerprint density at radius 3 is 2.53 bits per heavy atom. The minimum Gasteiger partial charge on any atom is -0.312 e. The first kappa shape index (κ1) is 20.9. The highest BCUT2D eigenvalue weighted by molar-refractivity contribution is 7.89. The van der Waals surface area contributed by atoms with Crippen molar-refractivity contribution in [3.8, 4) is 0 Å². The Hall–Kier alpha value is -2.37. The number of nitrogens with one attached hydrogen (secondary N) is 1. The maximum absolute atomic E-state index is 12.9. The van der Waals surface area contributed by atoms with Crippen LogP contribution >= 0.6 is 11.3 Å². The summed E-state index contributed by atoms with van der Waals surface area (Å²) in [6.45, 7) is 3.43. The van der Waals surface area contributed by atoms with E-state index in [2.05, 4.69) is 22.4 Å². The normalized spacial score (nSPS) is 21.2. The van der Waals surface area contributed by atoms with Crippen LogP contribution in [0.25, 0.3) is 0 Å². The number of hydrogen-bond acceptors (Lipinski definition) is 7. The molecule has 1 atom stereocenters. The highest BCUT2D eigenvalue weighted by Gasteiger charge is 2.36. The molecule has 9 nitrogen and oxygen atoms in total. The SMILES string of the molecule is CC1CCN(S(=O)(=O)c2ccc(N3CC(C(=O)Nc4nncs4)CC3=O)cc2)CC1. The van der Waals surface area contributed by atoms with E-state index in [4.69, 9.17) is 0 Å². The average Bonchev–Trinajstić information content (AvgIpc) is 3.38. The Bertz CT molecular complexity index is 1020. The second kappa shape index (κ2) is 8.40. The Morgan fingerprint density at radius 2 is 1.90 bits per heavy atom. The topological polar surface area (TPSA) is 113 Å². The molecule has 2 aliphatic heterocycles. The molecule has 1 unspecified atom stereocenters. The third-order valence-corrected chi connectivity index (χ3v) is 8.13. The van der Waals surface area contributed by atoms with Gasteiger partial charge in [-0.2, -0.15) is 4.31 Å². The fourth-order valence-corrected chi connectivity index (χ4v) is 5.66. The van der Waals surface area contributed by atoms with Crippen LogP contribution in [0.2, 0.25) is 0 Å². The van der Waals surface area contributed by atoms with Crippen LogP contribution < -0.4 is 10.2 Å². The summed E-state index contributed by atoms with van der Waals surface area (Å²) in [4.78, 5) is 26.6. The molecule has 2 fully saturated rings. The van der Waals surface area contributed by atoms with Gasteiger partial charge in [-0.1, -0.05) is 18.3 Å². The molecular weight excluding hydrogens is 426 g/mol. The number of aromatic nitrogens is 2. The van der Waals surface area contributed by atoms with Gasteiger partial charge in [0.1, 0.15) is 5.51 Å². The summed E-state index contributed by atoms with van der Waals surface area (Å²) < 4.78 is 27.3. The van der Waals surface area contributed by atoms with Crippen LogP contribution in [-0.2, 0) is 19.6 Å². The van der Waals surface area contributed by atoms with E-state index in [1.54, 1.807) is 12.1 Å². The lowest BCUT2D eigenvalue weighted by Crippen LogP contribution is -2.37. The van der Waals surface area contributed by atoms with Crippen molar-refractivity contribution < 1.29 is 18.0 Å². The summed E-state index contributed by atoms with van der Waals surface area (Å²) in [5.74, 6) is -0.411. The van der Waals surface area contributed by atoms with Crippen molar-refractivity contribution in [2.45, 2.75) is 31.1 Å². The van der Waals surface area contributed by atoms with Crippen molar-refractivity contribution in [3.63, 3.8) is 0 Å². The lowest BCUT2D eigenvalue weighted by atomic mass is 10.0. The molecule has 2 saturated heterocycles. The van der Waals surface area contributed by atoms with Gasteiger partial charge in [0.2, 0.25) is 27.0 Å². The number of rotatable bonds is 5. The summed E-state index contributed by atoms with van der Waals surface area (Å²) >= 11 is 1.21. The molecule has 1 aromatic heterocycles. The van der Waals surface area contributed by atoms with Crippen LogP contribution in [0.4, 0.5) is 10.8 Å². The maximum Gasteiger partial charge on any atom is 0.243 e. The molecule has 4 rings (SSSR count). The third-order valence-electron chi connectivity index (χ3n) is 5.61. The average molecular weight is 450 g/mol. The predicted molar refractivity (Wildman–Crippen MR) is 113 cm³/mol. The van der Waals surface area contributed by atoms with Crippen LogP contribution in [-0.4, -0.2) is 54.4 Å². The molecule has 0 aliphatic carbocycles. The molecule has 0 saturated carbocycles. The Labute approximate surface area is 179 Å². The molecule has 11 heteroatoms. The van der Waals surface area contributed by atoms with Gasteiger partial charge in [0.15, 0.2) is 0 Å². The van der Waals surface area contributed by atoms with Crippen molar-refractivity contribution >= 4 is 44.0 Å². The zero-order valence-electron chi connectivity index (χ0n) is 16.5. The smallest absolute Gasteiger partial charge is 0.243 e. The molecule has 2 aromatic rings. The molecule has 160 valence electrons. The van der Waals surface area contributed by atoms with Crippen LogP contribution in [0, 0.1) is 11.8 Å². The molecule has 3 heterocycles. The molecule has 2 aliphatic rings. The molecule has 30 heavy (non-hydrogen) atoms. The van der Waals surface area contributed by atoms with Gasteiger partial charge < -0.3 is 10.2 Å². The Morgan fingerprint density at radius 1 is 1.20 bits per heavy atom. The first-order valence-corrected chi connectivity index (χ1v) is 12.1. The standard InChI is InChI=1S/C19H23N5O4S2/c1-13-6-8-23(9-7-13)30(27,28)16-4-2-15(3-5-16)24-11-14(10-17(24)25)18(26)21-19-22-20-12-29-19/h2-5,12-14H,6-11H2,1H3,(H,21,22,26). The number of hydrogen-bond donors (Lipinski definition) is 1. The van der Waals surface area contributed by atoms with Crippen molar-refractivity contribution in [2.24, 2.45) is 11.8 Å². The molecule has 0 radical (unpaired) electrons. The fourth-order valence-electron chi connectivity index (χ4n) is 3.74. The van der Waals surface area contributed by atoms with Gasteiger partial charge in [-0.25, -0.2) is 8.42 Å². The third kappa shape index (κ3) is 4.23. The number of carbonyl (C=O) groups is 2. The van der Waals surface area contributed by atoms with Gasteiger partial charge in [-0.05, 0) is 43.0 Å². The van der Waals surface area contributed by atoms with E-state index in [0.717, 1.165) is 12.8 Å². The highest BCUT2D eigenvalue weighted by Crippen LogP contribution is 2.29. The van der Waals surface area contributed by atoms with E-state index in [1.807, 2.05) is 0 Å². The van der Waals surface area contributed by atoms with E-state index in [9.17, 15) is 18.0 Å². The largest absolute Gasteiger partial charge is 0.312 e. The highest BCUT2D eigenvalue weighted by atomic mass is 32.2. The summed E-state index contributed by atoms with van der Waals surface area (Å²) in [6.07, 6.45) is 1.82. The van der Waals surface area contributed by atoms with Crippen molar-refractivity contribution in [3.05, 3.63) is 29.8 Å². The number of carbonyl (C=O) groups excluding carboxylic acids is 2. The molecule has 0 spiro atoms. The van der Waals surface area contributed by atoms with E-state index in [1.165, 1.54) is 38.2 Å². The lowest BCUT2D eigenvalue weighted by molar-refractivity contribution is -0.122. The Kier molecular flexibility index (Phi) is 5.85. The van der Waals surface area contributed by atoms with Gasteiger partial charge in [0.05, 0.1) is 10.8 Å². The van der Waals surface area contributed by atoms with E-state index in [0.29, 0.717) is 29.8 Å². The monoisotopic (exact) mass is 449 g/mol. The van der Waals surface area contributed by atoms with Gasteiger partial charge in [-0.3, -0.25) is 9.59 Å². The van der Waals surface area contributed by atoms with Gasteiger partial charge in [-0.15, -0.1) is 10.2 Å². The van der Waals surface area contributed by atoms with Gasteiger partial charge in [0, 0.05) is 31.7 Å². The van der Waals surface area contributed by atoms with Crippen LogP contribution in [0.1, 0.15) is 26.2 Å². The van der Waals surface area contributed by atoms with Crippen LogP contribution in [0.15, 0.2) is 34.7 Å². The minimum absolute atomic E-state index is 0.0939. The quantitative estimate of drug-likeness (QED) is 0.747.